The number of non-ortho nitro benzene ring substituents is 1. The van der Waals surface area contributed by atoms with Crippen molar-refractivity contribution in [1.82, 2.24) is 10.4 Å². The highest BCUT2D eigenvalue weighted by molar-refractivity contribution is 9.10. The molecular weight excluding hydrogens is 510 g/mol. The first-order valence-corrected chi connectivity index (χ1v) is 10.4. The van der Waals surface area contributed by atoms with Crippen LogP contribution in [0.2, 0.25) is 0 Å². The number of carbonyl (C=O) groups excluding carboxylic acids is 1. The molecule has 4 aromatic rings. The minimum Gasteiger partial charge on any atom is -0.502 e. The second-order valence-electron chi connectivity index (χ2n) is 7.05. The van der Waals surface area contributed by atoms with Crippen LogP contribution >= 0.6 is 15.9 Å². The molecule has 1 amide bonds. The van der Waals surface area contributed by atoms with Crippen molar-refractivity contribution in [3.05, 3.63) is 96.6 Å². The Labute approximate surface area is 199 Å². The molecular formula is C22H14BrN5O6. The topological polar surface area (TPSA) is 164 Å². The largest absolute Gasteiger partial charge is 0.502 e. The summed E-state index contributed by atoms with van der Waals surface area (Å²) >= 11 is 3.13. The van der Waals surface area contributed by atoms with Gasteiger partial charge in [0.25, 0.3) is 11.6 Å². The number of hydrazone groups is 1. The lowest BCUT2D eigenvalue weighted by molar-refractivity contribution is -0.386. The number of H-pyrrole nitrogens is 1. The Morgan fingerprint density at radius 3 is 2.47 bits per heavy atom. The van der Waals surface area contributed by atoms with Crippen LogP contribution in [0, 0.1) is 20.2 Å². The second kappa shape index (κ2) is 9.11. The fraction of sp³-hybridized carbons (Fsp3) is 0. The number of aromatic nitrogens is 1. The predicted molar refractivity (Wildman–Crippen MR) is 128 cm³/mol. The van der Waals surface area contributed by atoms with Crippen LogP contribution in [0.4, 0.5) is 11.4 Å². The van der Waals surface area contributed by atoms with Crippen molar-refractivity contribution < 1.29 is 19.7 Å². The van der Waals surface area contributed by atoms with Crippen LogP contribution < -0.4 is 5.43 Å². The average Bonchev–Trinajstić information content (AvgIpc) is 3.20. The van der Waals surface area contributed by atoms with Crippen LogP contribution in [-0.4, -0.2) is 32.1 Å². The van der Waals surface area contributed by atoms with E-state index < -0.39 is 27.2 Å². The Bertz CT molecular complexity index is 1480. The number of phenolic OH excluding ortho intramolecular Hbond substituents is 1. The number of aromatic amines is 1. The van der Waals surface area contributed by atoms with Gasteiger partial charge in [0.2, 0.25) is 5.75 Å². The van der Waals surface area contributed by atoms with E-state index in [1.54, 1.807) is 30.3 Å². The Hall–Kier alpha value is -4.58. The van der Waals surface area contributed by atoms with Crippen molar-refractivity contribution in [2.45, 2.75) is 0 Å². The molecule has 34 heavy (non-hydrogen) atoms. The lowest BCUT2D eigenvalue weighted by atomic mass is 10.0. The lowest BCUT2D eigenvalue weighted by Crippen LogP contribution is -2.18. The molecule has 3 aromatic carbocycles. The quantitative estimate of drug-likeness (QED) is 0.185. The number of halogens is 1. The maximum absolute atomic E-state index is 13.0. The smallest absolute Gasteiger partial charge is 0.312 e. The molecule has 0 bridgehead atoms. The number of amides is 1. The van der Waals surface area contributed by atoms with Crippen molar-refractivity contribution in [1.29, 1.82) is 0 Å². The number of fused-ring (bicyclic) bond motifs is 1. The van der Waals surface area contributed by atoms with E-state index in [2.05, 4.69) is 31.4 Å². The van der Waals surface area contributed by atoms with Gasteiger partial charge in [0.05, 0.1) is 16.1 Å². The number of nitro benzene ring substituents is 2. The van der Waals surface area contributed by atoms with Crippen molar-refractivity contribution in [3.63, 3.8) is 0 Å². The first-order chi connectivity index (χ1) is 16.3. The average molecular weight is 524 g/mol. The van der Waals surface area contributed by atoms with Crippen LogP contribution in [0.5, 0.6) is 5.75 Å². The summed E-state index contributed by atoms with van der Waals surface area (Å²) in [5.41, 5.74) is 3.42. The van der Waals surface area contributed by atoms with Gasteiger partial charge in [-0.2, -0.15) is 5.10 Å². The Morgan fingerprint density at radius 2 is 1.79 bits per heavy atom. The third-order valence-electron chi connectivity index (χ3n) is 4.93. The van der Waals surface area contributed by atoms with Crippen LogP contribution in [0.25, 0.3) is 22.0 Å². The molecule has 0 unspecified atom stereocenters. The van der Waals surface area contributed by atoms with E-state index in [0.717, 1.165) is 12.3 Å². The molecule has 0 saturated carbocycles. The summed E-state index contributed by atoms with van der Waals surface area (Å²) in [6.07, 6.45) is 1.07. The molecule has 0 atom stereocenters. The second-order valence-corrected chi connectivity index (χ2v) is 7.96. The summed E-state index contributed by atoms with van der Waals surface area (Å²) in [7, 11) is 0. The highest BCUT2D eigenvalue weighted by atomic mass is 79.9. The molecule has 1 heterocycles. The van der Waals surface area contributed by atoms with Gasteiger partial charge < -0.3 is 10.1 Å². The summed E-state index contributed by atoms with van der Waals surface area (Å²) in [5, 5.41) is 36.7. The SMILES string of the molecule is O=C(N/N=C\c1cc(Br)cc([N+](=O)[O-])c1O)c1[nH]c2ccc([N+](=O)[O-])cc2c1-c1ccccc1. The zero-order chi connectivity index (χ0) is 24.4. The predicted octanol–water partition coefficient (Wildman–Crippen LogP) is 4.88. The van der Waals surface area contributed by atoms with Gasteiger partial charge in [0, 0.05) is 44.7 Å². The van der Waals surface area contributed by atoms with Crippen molar-refractivity contribution in [2.75, 3.05) is 0 Å². The molecule has 3 N–H and O–H groups in total. The fourth-order valence-electron chi connectivity index (χ4n) is 3.43. The number of phenols is 1. The molecule has 1 aromatic heterocycles. The molecule has 12 heteroatoms. The summed E-state index contributed by atoms with van der Waals surface area (Å²) in [6.45, 7) is 0. The number of carbonyl (C=O) groups is 1. The molecule has 0 aliphatic heterocycles. The van der Waals surface area contributed by atoms with Gasteiger partial charge >= 0.3 is 5.69 Å². The molecule has 0 fully saturated rings. The first-order valence-electron chi connectivity index (χ1n) is 9.62. The van der Waals surface area contributed by atoms with E-state index in [9.17, 15) is 30.1 Å². The van der Waals surface area contributed by atoms with Gasteiger partial charge in [-0.15, -0.1) is 0 Å². The zero-order valence-electron chi connectivity index (χ0n) is 17.1. The molecule has 11 nitrogen and oxygen atoms in total. The Kier molecular flexibility index (Phi) is 6.06. The maximum atomic E-state index is 13.0. The number of hydrogen-bond acceptors (Lipinski definition) is 7. The molecule has 0 radical (unpaired) electrons. The summed E-state index contributed by atoms with van der Waals surface area (Å²) in [5.74, 6) is -1.26. The van der Waals surface area contributed by atoms with Crippen LogP contribution in [0.15, 0.2) is 70.2 Å². The van der Waals surface area contributed by atoms with E-state index in [1.807, 2.05) is 0 Å². The van der Waals surface area contributed by atoms with Gasteiger partial charge in [-0.1, -0.05) is 46.3 Å². The van der Waals surface area contributed by atoms with Gasteiger partial charge in [-0.3, -0.25) is 25.0 Å². The van der Waals surface area contributed by atoms with E-state index >= 15 is 0 Å². The Morgan fingerprint density at radius 1 is 1.06 bits per heavy atom. The van der Waals surface area contributed by atoms with Crippen molar-refractivity contribution >= 4 is 50.3 Å². The monoisotopic (exact) mass is 523 g/mol. The number of rotatable bonds is 6. The number of nitrogens with zero attached hydrogens (tertiary/aromatic N) is 3. The standard InChI is InChI=1S/C22H14BrN5O6/c23-14-8-13(21(29)18(9-14)28(33)34)11-24-26-22(30)20-19(12-4-2-1-3-5-12)16-10-15(27(31)32)6-7-17(16)25-20/h1-11,25,29H,(H,26,30)/b24-11-. The highest BCUT2D eigenvalue weighted by Gasteiger charge is 2.21. The number of hydrogen-bond donors (Lipinski definition) is 3. The van der Waals surface area contributed by atoms with Gasteiger partial charge in [0.15, 0.2) is 0 Å². The number of benzene rings is 3. The maximum Gasteiger partial charge on any atom is 0.312 e. The van der Waals surface area contributed by atoms with Gasteiger partial charge in [-0.05, 0) is 17.7 Å². The molecule has 4 rings (SSSR count). The fourth-order valence-corrected chi connectivity index (χ4v) is 3.89. The van der Waals surface area contributed by atoms with E-state index in [-0.39, 0.29) is 16.9 Å². The molecule has 0 aliphatic rings. The van der Waals surface area contributed by atoms with Crippen LogP contribution in [0.1, 0.15) is 16.1 Å². The first kappa shape index (κ1) is 22.6. The van der Waals surface area contributed by atoms with Crippen molar-refractivity contribution in [2.24, 2.45) is 5.10 Å². The molecule has 0 aliphatic carbocycles. The minimum atomic E-state index is -0.744. The van der Waals surface area contributed by atoms with E-state index in [1.165, 1.54) is 24.3 Å². The van der Waals surface area contributed by atoms with E-state index in [4.69, 9.17) is 0 Å². The van der Waals surface area contributed by atoms with Crippen LogP contribution in [0.3, 0.4) is 0 Å². The van der Waals surface area contributed by atoms with E-state index in [0.29, 0.717) is 26.5 Å². The number of nitro groups is 2. The lowest BCUT2D eigenvalue weighted by Gasteiger charge is -2.05. The number of aromatic hydroxyl groups is 1. The zero-order valence-corrected chi connectivity index (χ0v) is 18.6. The van der Waals surface area contributed by atoms with Crippen molar-refractivity contribution in [3.8, 4) is 16.9 Å². The number of nitrogens with one attached hydrogen (secondary N) is 2. The highest BCUT2D eigenvalue weighted by Crippen LogP contribution is 2.35. The van der Waals surface area contributed by atoms with Crippen LogP contribution in [-0.2, 0) is 0 Å². The Balaban J connectivity index is 1.72. The molecule has 0 saturated heterocycles. The van der Waals surface area contributed by atoms with Gasteiger partial charge in [-0.25, -0.2) is 5.43 Å². The van der Waals surface area contributed by atoms with Gasteiger partial charge in [0.1, 0.15) is 5.69 Å². The molecule has 0 spiro atoms. The third kappa shape index (κ3) is 4.34. The summed E-state index contributed by atoms with van der Waals surface area (Å²) in [4.78, 5) is 37.0. The summed E-state index contributed by atoms with van der Waals surface area (Å²) < 4.78 is 0.341. The normalized spacial score (nSPS) is 11.1. The molecule has 170 valence electrons. The minimum absolute atomic E-state index is 0.0110. The summed E-state index contributed by atoms with van der Waals surface area (Å²) in [6, 6.07) is 15.6. The third-order valence-corrected chi connectivity index (χ3v) is 5.39.